The predicted molar refractivity (Wildman–Crippen MR) is 198 cm³/mol. The second-order valence-corrected chi connectivity index (χ2v) is 10.00. The van der Waals surface area contributed by atoms with E-state index in [2.05, 4.69) is 80.2 Å². The van der Waals surface area contributed by atoms with Crippen molar-refractivity contribution in [2.24, 2.45) is 16.5 Å². The van der Waals surface area contributed by atoms with E-state index in [1.54, 1.807) is 26.2 Å². The smallest absolute Gasteiger partial charge is 0.126 e. The highest BCUT2D eigenvalue weighted by Crippen LogP contribution is 2.18. The molecule has 0 fully saturated rings. The summed E-state index contributed by atoms with van der Waals surface area (Å²) in [7, 11) is 5.35. The summed E-state index contributed by atoms with van der Waals surface area (Å²) in [6.07, 6.45) is 5.90. The van der Waals surface area contributed by atoms with Crippen LogP contribution in [0.15, 0.2) is 79.1 Å². The van der Waals surface area contributed by atoms with Crippen molar-refractivity contribution in [3.63, 3.8) is 0 Å². The van der Waals surface area contributed by atoms with Crippen LogP contribution in [-0.4, -0.2) is 39.9 Å². The maximum absolute atomic E-state index is 12.5. The van der Waals surface area contributed by atoms with Crippen LogP contribution in [0.3, 0.4) is 0 Å². The molecular formula is C37H68FN5. The van der Waals surface area contributed by atoms with Gasteiger partial charge < -0.3 is 27.1 Å². The minimum Gasteiger partial charge on any atom is -0.403 e. The Morgan fingerprint density at radius 1 is 1.00 bits per heavy atom. The summed E-state index contributed by atoms with van der Waals surface area (Å²) in [6, 6.07) is 13.8. The molecule has 0 aromatic heterocycles. The molecule has 0 amide bonds. The number of nitrogens with zero attached hydrogens (tertiary/aromatic N) is 1. The molecule has 0 bridgehead atoms. The topological polar surface area (TPSA) is 88.5 Å². The van der Waals surface area contributed by atoms with E-state index < -0.39 is 0 Å². The van der Waals surface area contributed by atoms with Gasteiger partial charge in [0.15, 0.2) is 0 Å². The van der Waals surface area contributed by atoms with Gasteiger partial charge in [0, 0.05) is 31.9 Å². The van der Waals surface area contributed by atoms with Crippen molar-refractivity contribution in [1.82, 2.24) is 10.6 Å². The number of aryl methyl sites for hydroxylation is 3. The highest BCUT2D eigenvalue weighted by Gasteiger charge is 2.06. The van der Waals surface area contributed by atoms with Crippen molar-refractivity contribution in [2.75, 3.05) is 27.7 Å². The number of nitrogens with two attached hydrogens (primary N) is 2. The van der Waals surface area contributed by atoms with Crippen LogP contribution in [0, 0.1) is 19.7 Å². The zero-order valence-corrected chi connectivity index (χ0v) is 30.0. The lowest BCUT2D eigenvalue weighted by molar-refractivity contribution is 0.490. The molecule has 0 radical (unpaired) electrons. The molecule has 6 N–H and O–H groups in total. The zero-order valence-electron chi connectivity index (χ0n) is 30.0. The molecule has 2 aromatic carbocycles. The molecule has 248 valence electrons. The molecule has 0 aliphatic carbocycles. The minimum absolute atomic E-state index is 0.0608. The van der Waals surface area contributed by atoms with Crippen LogP contribution in [-0.2, 0) is 6.42 Å². The minimum atomic E-state index is -0.124. The zero-order chi connectivity index (χ0) is 34.9. The maximum Gasteiger partial charge on any atom is 0.126 e. The molecule has 0 unspecified atom stereocenters. The predicted octanol–water partition coefficient (Wildman–Crippen LogP) is 9.01. The Hall–Kier alpha value is -3.22. The molecule has 0 saturated heterocycles. The van der Waals surface area contributed by atoms with Gasteiger partial charge >= 0.3 is 0 Å². The van der Waals surface area contributed by atoms with Gasteiger partial charge in [-0.1, -0.05) is 103 Å². The molecular weight excluding hydrogens is 533 g/mol. The number of hydrogen-bond acceptors (Lipinski definition) is 5. The lowest BCUT2D eigenvalue weighted by Crippen LogP contribution is -2.41. The van der Waals surface area contributed by atoms with Crippen molar-refractivity contribution >= 4 is 12.3 Å². The fraction of sp³-hybridized carbons (Fsp3) is 0.486. The molecule has 0 aliphatic rings. The third-order valence-corrected chi connectivity index (χ3v) is 4.93. The van der Waals surface area contributed by atoms with Crippen molar-refractivity contribution in [1.29, 1.82) is 0 Å². The van der Waals surface area contributed by atoms with Gasteiger partial charge in [-0.2, -0.15) is 0 Å². The van der Waals surface area contributed by atoms with E-state index in [0.29, 0.717) is 0 Å². The molecule has 2 aromatic rings. The average Bonchev–Trinajstić information content (AvgIpc) is 2.97. The monoisotopic (exact) mass is 602 g/mol. The van der Waals surface area contributed by atoms with Crippen LogP contribution in [0.1, 0.15) is 90.0 Å². The van der Waals surface area contributed by atoms with Crippen molar-refractivity contribution in [3.8, 4) is 0 Å². The molecule has 0 atom stereocenters. The summed E-state index contributed by atoms with van der Waals surface area (Å²) in [4.78, 5) is 3.25. The Morgan fingerprint density at radius 2 is 1.44 bits per heavy atom. The van der Waals surface area contributed by atoms with Crippen LogP contribution < -0.4 is 22.1 Å². The van der Waals surface area contributed by atoms with Gasteiger partial charge in [-0.3, -0.25) is 0 Å². The molecule has 0 aliphatic heterocycles. The summed E-state index contributed by atoms with van der Waals surface area (Å²) in [5, 5.41) is 5.68. The molecule has 5 nitrogen and oxygen atoms in total. The summed E-state index contributed by atoms with van der Waals surface area (Å²) in [5.41, 5.74) is 17.1. The summed E-state index contributed by atoms with van der Waals surface area (Å²) >= 11 is 0. The van der Waals surface area contributed by atoms with Gasteiger partial charge in [0.2, 0.25) is 0 Å². The SMILES string of the molecule is C=C(CCC)c1ccc(CC)cc1.C=C(N)CC.C=CNC.C=NC.CC.CNCC(C)(C)N.Cc1ccc(F)c(C)c1. The largest absolute Gasteiger partial charge is 0.403 e. The molecule has 2 rings (SSSR count). The number of aliphatic imine (C=N–C) groups is 1. The second kappa shape index (κ2) is 35.0. The summed E-state index contributed by atoms with van der Waals surface area (Å²) in [6.45, 7) is 32.9. The molecule has 43 heavy (non-hydrogen) atoms. The van der Waals surface area contributed by atoms with Crippen LogP contribution in [0.5, 0.6) is 0 Å². The van der Waals surface area contributed by atoms with Crippen LogP contribution in [0.25, 0.3) is 5.57 Å². The van der Waals surface area contributed by atoms with E-state index in [4.69, 9.17) is 11.5 Å². The Balaban J connectivity index is -0.000000142. The van der Waals surface area contributed by atoms with Gasteiger partial charge in [0.25, 0.3) is 0 Å². The van der Waals surface area contributed by atoms with Crippen LogP contribution in [0.2, 0.25) is 0 Å². The van der Waals surface area contributed by atoms with E-state index in [-0.39, 0.29) is 11.4 Å². The lowest BCUT2D eigenvalue weighted by atomic mass is 10.0. The third kappa shape index (κ3) is 41.0. The number of halogens is 1. The summed E-state index contributed by atoms with van der Waals surface area (Å²) < 4.78 is 12.5. The number of hydrogen-bond donors (Lipinski definition) is 4. The standard InChI is InChI=1S/C13H18.C8H9F.C5H14N2.C4H9N.C3H7N.C2H5N.C2H6/c1-4-6-11(3)13-9-7-12(5-2)8-10-13;1-6-3-4-8(9)7(2)5-6;1-5(2,6)4-7-3;1-3-4(2)5;1-3-4-2;1-3-2;1-2/h7-10H,3-6H2,1-2H3;3-5H,1-2H3;7H,4,6H2,1-3H3;2-3,5H2,1H3;3-4H,1H2,2H3;1H2,2H3;1-2H3. The van der Waals surface area contributed by atoms with Gasteiger partial charge in [-0.15, -0.1) is 0 Å². The maximum atomic E-state index is 12.5. The average molecular weight is 602 g/mol. The molecule has 0 spiro atoms. The first kappa shape index (κ1) is 49.5. The normalized spacial score (nSPS) is 8.79. The van der Waals surface area contributed by atoms with Crippen molar-refractivity contribution < 1.29 is 4.39 Å². The van der Waals surface area contributed by atoms with Gasteiger partial charge in [0.05, 0.1) is 0 Å². The van der Waals surface area contributed by atoms with E-state index in [0.717, 1.165) is 42.6 Å². The molecule has 6 heteroatoms. The van der Waals surface area contributed by atoms with Gasteiger partial charge in [-0.25, -0.2) is 4.39 Å². The quantitative estimate of drug-likeness (QED) is 0.227. The van der Waals surface area contributed by atoms with E-state index in [9.17, 15) is 4.39 Å². The number of likely N-dealkylation sites (N-methyl/N-ethyl adjacent to an activating group) is 1. The fourth-order valence-corrected chi connectivity index (χ4v) is 2.67. The van der Waals surface area contributed by atoms with Crippen molar-refractivity contribution in [2.45, 2.75) is 93.5 Å². The Kier molecular flexibility index (Phi) is 40.2. The Bertz CT molecular complexity index is 929. The van der Waals surface area contributed by atoms with Crippen molar-refractivity contribution in [3.05, 3.63) is 102 Å². The third-order valence-electron chi connectivity index (χ3n) is 4.93. The molecule has 0 saturated carbocycles. The lowest BCUT2D eigenvalue weighted by Gasteiger charge is -2.16. The van der Waals surface area contributed by atoms with Crippen LogP contribution in [0.4, 0.5) is 4.39 Å². The number of allylic oxidation sites excluding steroid dienone is 2. The Morgan fingerprint density at radius 3 is 1.67 bits per heavy atom. The van der Waals surface area contributed by atoms with Gasteiger partial charge in [-0.05, 0) is 95.3 Å². The molecule has 0 heterocycles. The summed E-state index contributed by atoms with van der Waals surface area (Å²) in [5.74, 6) is -0.124. The Labute approximate surface area is 266 Å². The first-order valence-corrected chi connectivity index (χ1v) is 15.1. The highest BCUT2D eigenvalue weighted by atomic mass is 19.1. The number of nitrogens with one attached hydrogen (secondary N) is 2. The first-order valence-electron chi connectivity index (χ1n) is 15.1. The van der Waals surface area contributed by atoms with Gasteiger partial charge in [0.1, 0.15) is 5.82 Å². The first-order chi connectivity index (χ1) is 20.1. The van der Waals surface area contributed by atoms with E-state index in [1.165, 1.54) is 29.2 Å². The van der Waals surface area contributed by atoms with E-state index in [1.807, 2.05) is 61.7 Å². The van der Waals surface area contributed by atoms with Crippen LogP contribution >= 0.6 is 0 Å². The van der Waals surface area contributed by atoms with E-state index >= 15 is 0 Å². The number of benzene rings is 2. The number of rotatable bonds is 8. The fourth-order valence-electron chi connectivity index (χ4n) is 2.67. The highest BCUT2D eigenvalue weighted by molar-refractivity contribution is 5.63. The second-order valence-electron chi connectivity index (χ2n) is 10.00.